The number of nitrogens with two attached hydrogens (primary N) is 1. The number of hydrogen-bond donors (Lipinski definition) is 4. The van der Waals surface area contributed by atoms with Gasteiger partial charge in [0.2, 0.25) is 0 Å². The molecule has 1 aromatic heterocycles. The summed E-state index contributed by atoms with van der Waals surface area (Å²) in [4.78, 5) is 14.9. The molecule has 1 aromatic carbocycles. The Labute approximate surface area is 127 Å². The topological polar surface area (TPSA) is 139 Å². The van der Waals surface area contributed by atoms with Crippen molar-refractivity contribution in [1.29, 1.82) is 0 Å². The number of fused-ring (bicyclic) bond motifs is 1. The first-order valence-electron chi connectivity index (χ1n) is 6.43. The van der Waals surface area contributed by atoms with Crippen molar-refractivity contribution in [3.63, 3.8) is 0 Å². The fraction of sp³-hybridized carbons (Fsp3) is 0.333. The van der Waals surface area contributed by atoms with Crippen LogP contribution < -0.4 is 15.2 Å². The molecule has 0 aliphatic carbocycles. The van der Waals surface area contributed by atoms with Crippen molar-refractivity contribution >= 4 is 27.2 Å². The van der Waals surface area contributed by atoms with Crippen molar-refractivity contribution in [2.75, 3.05) is 6.54 Å². The Morgan fingerprint density at radius 2 is 2.09 bits per heavy atom. The number of nitrogens with one attached hydrogen (secondary N) is 2. The summed E-state index contributed by atoms with van der Waals surface area (Å²) in [6.45, 7) is -0.421. The molecule has 0 unspecified atom stereocenters. The number of carbonyl (C=O) groups is 1. The number of aliphatic carboxylic acids is 1. The Morgan fingerprint density at radius 1 is 1.41 bits per heavy atom. The number of carboxylic acid groups (broad SMARTS) is 1. The van der Waals surface area contributed by atoms with E-state index in [4.69, 9.17) is 10.8 Å². The highest BCUT2D eigenvalue weighted by Crippen LogP contribution is 2.13. The molecule has 2 rings (SSSR count). The zero-order valence-corrected chi connectivity index (χ0v) is 12.7. The molecule has 10 heteroatoms. The van der Waals surface area contributed by atoms with Gasteiger partial charge in [0.05, 0.1) is 17.6 Å². The number of nitrogens with zero attached hydrogens (tertiary/aromatic N) is 2. The minimum Gasteiger partial charge on any atom is -0.480 e. The molecule has 22 heavy (non-hydrogen) atoms. The number of aromatic nitrogens is 2. The highest BCUT2D eigenvalue weighted by molar-refractivity contribution is 7.87. The van der Waals surface area contributed by atoms with Crippen LogP contribution in [0.25, 0.3) is 11.0 Å². The zero-order chi connectivity index (χ0) is 16.3. The predicted octanol–water partition coefficient (Wildman–Crippen LogP) is -1.09. The SMILES string of the molecule is Cn1c(CNS(=O)(=O)NC[C@H](N)C(=O)O)nc2ccccc21. The summed E-state index contributed by atoms with van der Waals surface area (Å²) in [5.74, 6) is -0.743. The Balaban J connectivity index is 2.01. The molecule has 0 saturated carbocycles. The van der Waals surface area contributed by atoms with E-state index in [1.807, 2.05) is 24.3 Å². The van der Waals surface area contributed by atoms with Gasteiger partial charge in [-0.1, -0.05) is 12.1 Å². The van der Waals surface area contributed by atoms with E-state index in [1.165, 1.54) is 0 Å². The van der Waals surface area contributed by atoms with Crippen molar-refractivity contribution in [3.8, 4) is 0 Å². The fourth-order valence-electron chi connectivity index (χ4n) is 1.85. The van der Waals surface area contributed by atoms with Crippen LogP contribution in [0.4, 0.5) is 0 Å². The zero-order valence-electron chi connectivity index (χ0n) is 11.9. The number of hydrogen-bond acceptors (Lipinski definition) is 5. The van der Waals surface area contributed by atoms with Crippen LogP contribution in [-0.2, 0) is 28.6 Å². The van der Waals surface area contributed by atoms with Crippen molar-refractivity contribution in [1.82, 2.24) is 19.0 Å². The lowest BCUT2D eigenvalue weighted by Gasteiger charge is -2.10. The Bertz CT molecular complexity index is 786. The third kappa shape index (κ3) is 3.80. The van der Waals surface area contributed by atoms with E-state index in [2.05, 4.69) is 14.4 Å². The minimum atomic E-state index is -3.86. The lowest BCUT2D eigenvalue weighted by atomic mass is 10.3. The van der Waals surface area contributed by atoms with Crippen molar-refractivity contribution in [2.24, 2.45) is 12.8 Å². The molecule has 120 valence electrons. The van der Waals surface area contributed by atoms with Gasteiger partial charge >= 0.3 is 5.97 Å². The second kappa shape index (κ2) is 6.40. The van der Waals surface area contributed by atoms with E-state index in [-0.39, 0.29) is 6.54 Å². The summed E-state index contributed by atoms with van der Waals surface area (Å²) in [6.07, 6.45) is 0. The second-order valence-electron chi connectivity index (χ2n) is 4.69. The summed E-state index contributed by atoms with van der Waals surface area (Å²) >= 11 is 0. The third-order valence-corrected chi connectivity index (χ3v) is 4.18. The van der Waals surface area contributed by atoms with Crippen LogP contribution in [-0.4, -0.2) is 41.6 Å². The standard InChI is InChI=1S/C12H17N5O4S/c1-17-10-5-3-2-4-9(10)16-11(17)7-15-22(20,21)14-6-8(13)12(18)19/h2-5,8,14-15H,6-7,13H2,1H3,(H,18,19)/t8-/m0/s1. The quantitative estimate of drug-likeness (QED) is 0.509. The van der Waals surface area contributed by atoms with Gasteiger partial charge in [-0.15, -0.1) is 0 Å². The summed E-state index contributed by atoms with van der Waals surface area (Å²) in [5, 5.41) is 8.61. The molecule has 1 atom stereocenters. The van der Waals surface area contributed by atoms with Gasteiger partial charge in [0, 0.05) is 13.6 Å². The van der Waals surface area contributed by atoms with Crippen LogP contribution in [0, 0.1) is 0 Å². The predicted molar refractivity (Wildman–Crippen MR) is 80.1 cm³/mol. The largest absolute Gasteiger partial charge is 0.480 e. The Kier molecular flexibility index (Phi) is 4.76. The number of aryl methyl sites for hydroxylation is 1. The maximum absolute atomic E-state index is 11.7. The molecule has 0 aliphatic rings. The lowest BCUT2D eigenvalue weighted by Crippen LogP contribution is -2.46. The van der Waals surface area contributed by atoms with Gasteiger partial charge in [-0.05, 0) is 12.1 Å². The monoisotopic (exact) mass is 327 g/mol. The van der Waals surface area contributed by atoms with Crippen LogP contribution in [0.1, 0.15) is 5.82 Å². The van der Waals surface area contributed by atoms with Crippen LogP contribution in [0.15, 0.2) is 24.3 Å². The number of carboxylic acids is 1. The van der Waals surface area contributed by atoms with E-state index in [0.29, 0.717) is 5.82 Å². The molecule has 0 spiro atoms. The average molecular weight is 327 g/mol. The number of benzene rings is 1. The molecule has 1 heterocycles. The Hall–Kier alpha value is -2.01. The van der Waals surface area contributed by atoms with E-state index in [1.54, 1.807) is 11.6 Å². The first-order valence-corrected chi connectivity index (χ1v) is 7.91. The van der Waals surface area contributed by atoms with E-state index in [0.717, 1.165) is 11.0 Å². The number of imidazole rings is 1. The fourth-order valence-corrected chi connectivity index (χ4v) is 2.67. The van der Waals surface area contributed by atoms with Crippen LogP contribution in [0.2, 0.25) is 0 Å². The smallest absolute Gasteiger partial charge is 0.321 e. The van der Waals surface area contributed by atoms with Gasteiger partial charge < -0.3 is 15.4 Å². The van der Waals surface area contributed by atoms with Crippen LogP contribution in [0.3, 0.4) is 0 Å². The summed E-state index contributed by atoms with van der Waals surface area (Å²) < 4.78 is 29.7. The summed E-state index contributed by atoms with van der Waals surface area (Å²) in [5.41, 5.74) is 6.89. The normalized spacial score (nSPS) is 13.4. The van der Waals surface area contributed by atoms with Crippen molar-refractivity contribution in [3.05, 3.63) is 30.1 Å². The molecule has 0 saturated heterocycles. The van der Waals surface area contributed by atoms with Crippen LogP contribution >= 0.6 is 0 Å². The maximum atomic E-state index is 11.7. The molecule has 0 amide bonds. The number of para-hydroxylation sites is 2. The minimum absolute atomic E-state index is 0.0250. The van der Waals surface area contributed by atoms with Crippen molar-refractivity contribution < 1.29 is 18.3 Å². The van der Waals surface area contributed by atoms with Gasteiger partial charge in [0.1, 0.15) is 11.9 Å². The second-order valence-corrected chi connectivity index (χ2v) is 6.28. The van der Waals surface area contributed by atoms with E-state index < -0.39 is 28.8 Å². The molecule has 0 fully saturated rings. The van der Waals surface area contributed by atoms with Gasteiger partial charge in [-0.2, -0.15) is 13.1 Å². The average Bonchev–Trinajstić information content (AvgIpc) is 2.80. The molecule has 2 aromatic rings. The van der Waals surface area contributed by atoms with Gasteiger partial charge in [0.15, 0.2) is 0 Å². The van der Waals surface area contributed by atoms with Crippen LogP contribution in [0.5, 0.6) is 0 Å². The Morgan fingerprint density at radius 3 is 2.73 bits per heavy atom. The molecule has 0 bridgehead atoms. The molecule has 0 aliphatic heterocycles. The highest BCUT2D eigenvalue weighted by atomic mass is 32.2. The third-order valence-electron chi connectivity index (χ3n) is 3.11. The van der Waals surface area contributed by atoms with Crippen molar-refractivity contribution in [2.45, 2.75) is 12.6 Å². The number of rotatable bonds is 7. The molecule has 0 radical (unpaired) electrons. The lowest BCUT2D eigenvalue weighted by molar-refractivity contribution is -0.138. The highest BCUT2D eigenvalue weighted by Gasteiger charge is 2.17. The maximum Gasteiger partial charge on any atom is 0.321 e. The molecular formula is C12H17N5O4S. The molecule has 5 N–H and O–H groups in total. The van der Waals surface area contributed by atoms with Gasteiger partial charge in [0.25, 0.3) is 10.2 Å². The summed E-state index contributed by atoms with van der Waals surface area (Å²) in [7, 11) is -2.07. The van der Waals surface area contributed by atoms with E-state index in [9.17, 15) is 13.2 Å². The van der Waals surface area contributed by atoms with Gasteiger partial charge in [-0.3, -0.25) is 4.79 Å². The van der Waals surface area contributed by atoms with E-state index >= 15 is 0 Å². The first-order chi connectivity index (χ1) is 10.3. The molecular weight excluding hydrogens is 310 g/mol. The summed E-state index contributed by atoms with van der Waals surface area (Å²) in [6, 6.07) is 6.12. The first kappa shape index (κ1) is 16.4. The van der Waals surface area contributed by atoms with Gasteiger partial charge in [-0.25, -0.2) is 9.71 Å². The molecule has 9 nitrogen and oxygen atoms in total.